The van der Waals surface area contributed by atoms with E-state index in [1.807, 2.05) is 62.9 Å². The number of aromatic nitrogens is 6. The summed E-state index contributed by atoms with van der Waals surface area (Å²) in [6, 6.07) is 7.80. The van der Waals surface area contributed by atoms with Crippen molar-refractivity contribution >= 4 is 67.9 Å². The molecule has 2 saturated heterocycles. The zero-order chi connectivity index (χ0) is 39.4. The van der Waals surface area contributed by atoms with Crippen LogP contribution in [-0.2, 0) is 19.1 Å². The van der Waals surface area contributed by atoms with Gasteiger partial charge in [0.1, 0.15) is 34.8 Å². The number of aromatic amines is 2. The minimum Gasteiger partial charge on any atom is -0.453 e. The maximum absolute atomic E-state index is 13.7. The molecule has 16 heteroatoms. The highest BCUT2D eigenvalue weighted by molar-refractivity contribution is 6.04. The summed E-state index contributed by atoms with van der Waals surface area (Å²) in [6.07, 6.45) is 4.24. The van der Waals surface area contributed by atoms with Crippen LogP contribution in [0.1, 0.15) is 84.0 Å². The Bertz CT molecular complexity index is 2500. The van der Waals surface area contributed by atoms with Crippen molar-refractivity contribution in [2.75, 3.05) is 20.2 Å². The van der Waals surface area contributed by atoms with Crippen LogP contribution in [0.3, 0.4) is 0 Å². The molecule has 16 nitrogen and oxygen atoms in total. The molecule has 2 aliphatic heterocycles. The van der Waals surface area contributed by atoms with Gasteiger partial charge in [-0.3, -0.25) is 14.4 Å². The van der Waals surface area contributed by atoms with Crippen LogP contribution in [0.25, 0.3) is 55.5 Å². The number of likely N-dealkylation sites (tertiary alicyclic amines) is 2. The molecule has 2 aliphatic rings. The summed E-state index contributed by atoms with van der Waals surface area (Å²) in [5, 5.41) is 7.28. The second kappa shape index (κ2) is 14.5. The van der Waals surface area contributed by atoms with E-state index < -0.39 is 18.2 Å². The number of H-pyrrole nitrogens is 2. The number of rotatable bonds is 9. The van der Waals surface area contributed by atoms with E-state index in [4.69, 9.17) is 24.1 Å². The van der Waals surface area contributed by atoms with Crippen LogP contribution >= 0.6 is 0 Å². The summed E-state index contributed by atoms with van der Waals surface area (Å²) in [4.78, 5) is 80.9. The minimum absolute atomic E-state index is 0.0635. The van der Waals surface area contributed by atoms with Crippen LogP contribution in [-0.4, -0.2) is 95.8 Å². The Morgan fingerprint density at radius 3 is 2.09 bits per heavy atom. The lowest BCUT2D eigenvalue weighted by Gasteiger charge is -2.30. The molecular weight excluding hydrogens is 717 g/mol. The number of nitrogens with zero attached hydrogens (tertiary/aromatic N) is 6. The van der Waals surface area contributed by atoms with Crippen molar-refractivity contribution in [1.82, 2.24) is 50.3 Å². The predicted octanol–water partition coefficient (Wildman–Crippen LogP) is 5.66. The number of fused-ring (bicyclic) bond motifs is 6. The molecule has 0 spiro atoms. The topological polar surface area (TPSA) is 204 Å². The van der Waals surface area contributed by atoms with Crippen molar-refractivity contribution in [2.45, 2.75) is 84.5 Å². The Hall–Kier alpha value is -6.06. The van der Waals surface area contributed by atoms with Crippen molar-refractivity contribution in [3.8, 4) is 11.5 Å². The van der Waals surface area contributed by atoms with Crippen LogP contribution in [0.15, 0.2) is 40.9 Å². The van der Waals surface area contributed by atoms with E-state index in [1.54, 1.807) is 11.1 Å². The van der Waals surface area contributed by atoms with Gasteiger partial charge in [-0.25, -0.2) is 24.7 Å². The number of benzene rings is 2. The van der Waals surface area contributed by atoms with Gasteiger partial charge in [0, 0.05) is 42.5 Å². The predicted molar refractivity (Wildman–Crippen MR) is 208 cm³/mol. The van der Waals surface area contributed by atoms with Gasteiger partial charge < -0.3 is 39.6 Å². The summed E-state index contributed by atoms with van der Waals surface area (Å²) in [5.74, 6) is 1.03. The third-order valence-corrected chi connectivity index (χ3v) is 11.0. The summed E-state index contributed by atoms with van der Waals surface area (Å²) in [7, 11) is 1.28. The second-order valence-corrected chi connectivity index (χ2v) is 15.5. The number of alkyl carbamates (subject to hydrolysis) is 1. The molecule has 6 aromatic rings. The van der Waals surface area contributed by atoms with Gasteiger partial charge in [-0.05, 0) is 61.8 Å². The number of carbonyl (C=O) groups excluding carboxylic acids is 4. The lowest BCUT2D eigenvalue weighted by Crippen LogP contribution is -2.51. The van der Waals surface area contributed by atoms with Gasteiger partial charge in [-0.2, -0.15) is 0 Å². The van der Waals surface area contributed by atoms with Gasteiger partial charge in [0.2, 0.25) is 23.6 Å². The Morgan fingerprint density at radius 2 is 1.45 bits per heavy atom. The van der Waals surface area contributed by atoms with E-state index in [-0.39, 0.29) is 41.6 Å². The monoisotopic (exact) mass is 762 g/mol. The molecule has 0 saturated carbocycles. The summed E-state index contributed by atoms with van der Waals surface area (Å²) in [6.45, 7) is 10.2. The maximum atomic E-state index is 13.7. The van der Waals surface area contributed by atoms with Crippen molar-refractivity contribution in [1.29, 1.82) is 0 Å². The summed E-state index contributed by atoms with van der Waals surface area (Å²) < 4.78 is 11.2. The summed E-state index contributed by atoms with van der Waals surface area (Å²) >= 11 is 0. The molecule has 4 amide bonds. The molecule has 0 unspecified atom stereocenters. The van der Waals surface area contributed by atoms with Gasteiger partial charge in [0.25, 0.3) is 0 Å². The van der Waals surface area contributed by atoms with Crippen LogP contribution in [0.2, 0.25) is 0 Å². The molecule has 4 N–H and O–H groups in total. The molecule has 0 bridgehead atoms. The van der Waals surface area contributed by atoms with E-state index in [0.29, 0.717) is 58.4 Å². The fourth-order valence-corrected chi connectivity index (χ4v) is 8.16. The number of oxazole rings is 1. The molecule has 6 heterocycles. The van der Waals surface area contributed by atoms with Crippen molar-refractivity contribution in [2.24, 2.45) is 11.8 Å². The average Bonchev–Trinajstić information content (AvgIpc) is 4.02. The molecule has 292 valence electrons. The number of amides is 4. The van der Waals surface area contributed by atoms with Crippen LogP contribution < -0.4 is 10.6 Å². The molecule has 0 aliphatic carbocycles. The third kappa shape index (κ3) is 6.56. The van der Waals surface area contributed by atoms with Crippen molar-refractivity contribution in [3.63, 3.8) is 0 Å². The second-order valence-electron chi connectivity index (χ2n) is 15.5. The first-order valence-corrected chi connectivity index (χ1v) is 19.2. The largest absolute Gasteiger partial charge is 0.453 e. The van der Waals surface area contributed by atoms with E-state index in [9.17, 15) is 19.2 Å². The quantitative estimate of drug-likeness (QED) is 0.142. The smallest absolute Gasteiger partial charge is 0.407 e. The number of hydrogen-bond acceptors (Lipinski definition) is 10. The number of hydrogen-bond donors (Lipinski definition) is 4. The fourth-order valence-electron chi connectivity index (χ4n) is 8.16. The zero-order valence-corrected chi connectivity index (χ0v) is 32.3. The summed E-state index contributed by atoms with van der Waals surface area (Å²) in [5.41, 5.74) is 4.71. The Balaban J connectivity index is 1.07. The van der Waals surface area contributed by atoms with Crippen LogP contribution in [0, 0.1) is 11.8 Å². The van der Waals surface area contributed by atoms with Crippen molar-refractivity contribution < 1.29 is 28.3 Å². The highest BCUT2D eigenvalue weighted by Crippen LogP contribution is 2.37. The average molecular weight is 763 g/mol. The first-order chi connectivity index (χ1) is 26.9. The minimum atomic E-state index is -0.726. The normalized spacial score (nSPS) is 18.5. The van der Waals surface area contributed by atoms with E-state index in [2.05, 4.69) is 25.6 Å². The number of nitrogens with one attached hydrogen (secondary N) is 4. The van der Waals surface area contributed by atoms with E-state index in [0.717, 1.165) is 47.5 Å². The third-order valence-electron chi connectivity index (χ3n) is 11.0. The molecule has 2 aromatic carbocycles. The van der Waals surface area contributed by atoms with Crippen LogP contribution in [0.5, 0.6) is 0 Å². The van der Waals surface area contributed by atoms with Gasteiger partial charge in [0.05, 0.1) is 30.2 Å². The lowest BCUT2D eigenvalue weighted by atomic mass is 10.0. The lowest BCUT2D eigenvalue weighted by molar-refractivity contribution is -0.138. The van der Waals surface area contributed by atoms with Gasteiger partial charge in [-0.15, -0.1) is 0 Å². The highest BCUT2D eigenvalue weighted by Gasteiger charge is 2.39. The first-order valence-electron chi connectivity index (χ1n) is 19.2. The molecule has 0 radical (unpaired) electrons. The number of methoxy groups -OCH3 is 1. The Labute approximate surface area is 322 Å². The van der Waals surface area contributed by atoms with Gasteiger partial charge in [0.15, 0.2) is 11.2 Å². The number of ether oxygens (including phenoxy) is 1. The molecule has 2 fully saturated rings. The number of carbonyl (C=O) groups is 4. The van der Waals surface area contributed by atoms with E-state index >= 15 is 0 Å². The molecule has 4 atom stereocenters. The number of pyridine rings is 1. The van der Waals surface area contributed by atoms with Gasteiger partial charge in [-0.1, -0.05) is 33.8 Å². The standard InChI is InChI=1S/C40H46N10O6/c1-19(2)29(42-21(5)51)38(52)49-15-7-9-27(49)34-43-25-13-14-26-33(32(25)46-34)56-37(44-26)22-11-12-24-23(17-22)18-41-36-31(24)45-35(48-36)28-10-8-16-50(28)39(53)30(20(3)4)47-40(54)55-6/h11-14,17-20,27-30H,7-10,15-16H2,1-6H3,(H,42,51)(H,43,46)(H,47,54)(H,41,45,48)/t27-,28-,29-,30-/m0/s1. The van der Waals surface area contributed by atoms with Crippen molar-refractivity contribution in [3.05, 3.63) is 48.2 Å². The Kier molecular flexibility index (Phi) is 9.58. The molecular formula is C40H46N10O6. The highest BCUT2D eigenvalue weighted by atomic mass is 16.5. The van der Waals surface area contributed by atoms with Gasteiger partial charge >= 0.3 is 6.09 Å². The van der Waals surface area contributed by atoms with E-state index in [1.165, 1.54) is 14.0 Å². The first kappa shape index (κ1) is 36.9. The SMILES string of the molecule is COC(=O)N[C@H](C(=O)N1CCC[C@H]1c1nc2ncc3cc(-c4nc5ccc6nc([C@@H]7CCCN7C(=O)[C@@H](NC(C)=O)C(C)C)[nH]c6c5o4)ccc3c2[nH]1)C(C)C. The Morgan fingerprint density at radius 1 is 0.821 bits per heavy atom. The molecule has 56 heavy (non-hydrogen) atoms. The number of imidazole rings is 2. The molecule has 4 aromatic heterocycles. The van der Waals surface area contributed by atoms with Crippen LogP contribution in [0.4, 0.5) is 4.79 Å². The zero-order valence-electron chi connectivity index (χ0n) is 32.3. The fraction of sp³-hybridized carbons (Fsp3) is 0.450. The molecule has 8 rings (SSSR count). The maximum Gasteiger partial charge on any atom is 0.407 e.